The first-order valence-corrected chi connectivity index (χ1v) is 7.26. The van der Waals surface area contributed by atoms with Crippen molar-refractivity contribution in [2.24, 2.45) is 0 Å². The second kappa shape index (κ2) is 4.81. The summed E-state index contributed by atoms with van der Waals surface area (Å²) in [5.41, 5.74) is 2.18. The van der Waals surface area contributed by atoms with E-state index in [9.17, 15) is 9.18 Å². The first kappa shape index (κ1) is 13.3. The molecule has 110 valence electrons. The molecule has 1 aromatic heterocycles. The average Bonchev–Trinajstić information content (AvgIpc) is 2.76. The van der Waals surface area contributed by atoms with Crippen molar-refractivity contribution in [3.63, 3.8) is 0 Å². The Bertz CT molecular complexity index is 899. The van der Waals surface area contributed by atoms with Gasteiger partial charge in [0.1, 0.15) is 11.6 Å². The first-order chi connectivity index (χ1) is 10.7. The molecule has 1 N–H and O–H groups in total. The van der Waals surface area contributed by atoms with Crippen LogP contribution in [0, 0.1) is 5.82 Å². The third kappa shape index (κ3) is 1.82. The van der Waals surface area contributed by atoms with Crippen LogP contribution in [0.1, 0.15) is 10.4 Å². The number of halogens is 2. The molecular formula is C16H11ClFN3O. The largest absolute Gasteiger partial charge is 0.350 e. The van der Waals surface area contributed by atoms with Crippen LogP contribution in [-0.4, -0.2) is 22.0 Å². The molecule has 0 bridgehead atoms. The molecule has 0 aliphatic carbocycles. The molecule has 22 heavy (non-hydrogen) atoms. The maximum atomic E-state index is 14.3. The van der Waals surface area contributed by atoms with Gasteiger partial charge in [-0.3, -0.25) is 4.79 Å². The van der Waals surface area contributed by atoms with Gasteiger partial charge in [0.2, 0.25) is 0 Å². The predicted octanol–water partition coefficient (Wildman–Crippen LogP) is 3.24. The second-order valence-corrected chi connectivity index (χ2v) is 5.52. The Morgan fingerprint density at radius 2 is 2.05 bits per heavy atom. The smallest absolute Gasteiger partial charge is 0.253 e. The van der Waals surface area contributed by atoms with E-state index in [-0.39, 0.29) is 11.5 Å². The van der Waals surface area contributed by atoms with Gasteiger partial charge in [-0.25, -0.2) is 9.37 Å². The Kier molecular flexibility index (Phi) is 2.90. The number of hydrogen-bond acceptors (Lipinski definition) is 2. The van der Waals surface area contributed by atoms with Crippen molar-refractivity contribution in [1.82, 2.24) is 14.9 Å². The Morgan fingerprint density at radius 3 is 2.86 bits per heavy atom. The van der Waals surface area contributed by atoms with Gasteiger partial charge in [-0.05, 0) is 24.3 Å². The molecule has 0 saturated heterocycles. The molecular weight excluding hydrogens is 305 g/mol. The van der Waals surface area contributed by atoms with Crippen LogP contribution in [0.4, 0.5) is 4.39 Å². The fourth-order valence-corrected chi connectivity index (χ4v) is 3.11. The highest BCUT2D eigenvalue weighted by Gasteiger charge is 2.24. The molecule has 3 aromatic rings. The zero-order valence-corrected chi connectivity index (χ0v) is 12.2. The highest BCUT2D eigenvalue weighted by molar-refractivity contribution is 6.33. The summed E-state index contributed by atoms with van der Waals surface area (Å²) in [6, 6.07) is 9.87. The highest BCUT2D eigenvalue weighted by atomic mass is 35.5. The van der Waals surface area contributed by atoms with E-state index in [4.69, 9.17) is 11.6 Å². The Morgan fingerprint density at radius 1 is 1.23 bits per heavy atom. The Balaban J connectivity index is 2.10. The molecule has 1 aliphatic heterocycles. The number of para-hydroxylation sites is 1. The summed E-state index contributed by atoms with van der Waals surface area (Å²) in [6.07, 6.45) is 0. The molecule has 2 aromatic carbocycles. The predicted molar refractivity (Wildman–Crippen MR) is 82.5 cm³/mol. The average molecular weight is 316 g/mol. The number of benzene rings is 2. The number of amides is 1. The lowest BCUT2D eigenvalue weighted by Crippen LogP contribution is -2.24. The van der Waals surface area contributed by atoms with Crippen LogP contribution < -0.4 is 5.32 Å². The van der Waals surface area contributed by atoms with Gasteiger partial charge >= 0.3 is 0 Å². The van der Waals surface area contributed by atoms with Crippen molar-refractivity contribution in [1.29, 1.82) is 0 Å². The van der Waals surface area contributed by atoms with E-state index in [2.05, 4.69) is 10.3 Å². The van der Waals surface area contributed by atoms with E-state index in [0.717, 1.165) is 0 Å². The van der Waals surface area contributed by atoms with Gasteiger partial charge in [-0.2, -0.15) is 0 Å². The molecule has 0 radical (unpaired) electrons. The summed E-state index contributed by atoms with van der Waals surface area (Å²) >= 11 is 6.17. The van der Waals surface area contributed by atoms with Crippen LogP contribution in [0.25, 0.3) is 22.4 Å². The molecule has 1 amide bonds. The minimum absolute atomic E-state index is 0.143. The molecule has 4 rings (SSSR count). The van der Waals surface area contributed by atoms with E-state index in [1.54, 1.807) is 24.3 Å². The fraction of sp³-hybridized carbons (Fsp3) is 0.125. The lowest BCUT2D eigenvalue weighted by molar-refractivity contribution is 0.0956. The van der Waals surface area contributed by atoms with Gasteiger partial charge in [0.05, 0.1) is 27.2 Å². The van der Waals surface area contributed by atoms with Crippen molar-refractivity contribution in [2.75, 3.05) is 6.54 Å². The normalized spacial score (nSPS) is 14.0. The standard InChI is InChI=1S/C16H11ClFN3O/c17-10-4-2-5-11(18)13(10)15-20-12-6-1-3-9-14(12)21(15)8-7-19-16(9)22/h1-6H,7-8H2,(H,19,22). The monoisotopic (exact) mass is 315 g/mol. The lowest BCUT2D eigenvalue weighted by atomic mass is 10.1. The SMILES string of the molecule is O=C1NCCn2c(-c3c(F)cccc3Cl)nc3cccc1c32. The van der Waals surface area contributed by atoms with Gasteiger partial charge in [0.25, 0.3) is 5.91 Å². The second-order valence-electron chi connectivity index (χ2n) is 5.11. The maximum absolute atomic E-state index is 14.3. The number of imidazole rings is 1. The van der Waals surface area contributed by atoms with Crippen molar-refractivity contribution in [3.8, 4) is 11.4 Å². The molecule has 0 fully saturated rings. The van der Waals surface area contributed by atoms with E-state index in [0.29, 0.717) is 40.5 Å². The van der Waals surface area contributed by atoms with Crippen LogP contribution in [0.15, 0.2) is 36.4 Å². The zero-order valence-electron chi connectivity index (χ0n) is 11.4. The van der Waals surface area contributed by atoms with Crippen molar-refractivity contribution < 1.29 is 9.18 Å². The first-order valence-electron chi connectivity index (χ1n) is 6.88. The quantitative estimate of drug-likeness (QED) is 0.749. The fourth-order valence-electron chi connectivity index (χ4n) is 2.87. The molecule has 1 aliphatic rings. The van der Waals surface area contributed by atoms with Gasteiger partial charge in [0.15, 0.2) is 0 Å². The van der Waals surface area contributed by atoms with Crippen LogP contribution in [0.5, 0.6) is 0 Å². The summed E-state index contributed by atoms with van der Waals surface area (Å²) in [5.74, 6) is -0.124. The Labute approximate surface area is 130 Å². The lowest BCUT2D eigenvalue weighted by Gasteiger charge is -2.09. The number of nitrogens with zero attached hydrogens (tertiary/aromatic N) is 2. The minimum Gasteiger partial charge on any atom is -0.350 e. The number of carbonyl (C=O) groups excluding carboxylic acids is 1. The van der Waals surface area contributed by atoms with Crippen LogP contribution in [0.2, 0.25) is 5.02 Å². The van der Waals surface area contributed by atoms with E-state index in [1.807, 2.05) is 10.6 Å². The topological polar surface area (TPSA) is 46.9 Å². The highest BCUT2D eigenvalue weighted by Crippen LogP contribution is 2.33. The summed E-state index contributed by atoms with van der Waals surface area (Å²) < 4.78 is 16.1. The molecule has 0 atom stereocenters. The number of hydrogen-bond donors (Lipinski definition) is 1. The summed E-state index contributed by atoms with van der Waals surface area (Å²) in [5, 5.41) is 3.13. The van der Waals surface area contributed by atoms with Gasteiger partial charge in [0, 0.05) is 13.1 Å². The van der Waals surface area contributed by atoms with Gasteiger partial charge < -0.3 is 9.88 Å². The van der Waals surface area contributed by atoms with Gasteiger partial charge in [-0.1, -0.05) is 23.7 Å². The summed E-state index contributed by atoms with van der Waals surface area (Å²) in [7, 11) is 0. The summed E-state index contributed by atoms with van der Waals surface area (Å²) in [6.45, 7) is 0.970. The third-order valence-electron chi connectivity index (χ3n) is 3.82. The van der Waals surface area contributed by atoms with E-state index < -0.39 is 5.82 Å². The van der Waals surface area contributed by atoms with Crippen molar-refractivity contribution in [2.45, 2.75) is 6.54 Å². The molecule has 0 spiro atoms. The molecule has 0 saturated carbocycles. The maximum Gasteiger partial charge on any atom is 0.253 e. The van der Waals surface area contributed by atoms with Crippen molar-refractivity contribution in [3.05, 3.63) is 52.8 Å². The van der Waals surface area contributed by atoms with Crippen LogP contribution >= 0.6 is 11.6 Å². The molecule has 6 heteroatoms. The Hall–Kier alpha value is -2.40. The third-order valence-corrected chi connectivity index (χ3v) is 4.13. The number of nitrogens with one attached hydrogen (secondary N) is 1. The van der Waals surface area contributed by atoms with E-state index >= 15 is 0 Å². The van der Waals surface area contributed by atoms with Crippen LogP contribution in [0.3, 0.4) is 0 Å². The number of rotatable bonds is 1. The van der Waals surface area contributed by atoms with Crippen LogP contribution in [-0.2, 0) is 6.54 Å². The minimum atomic E-state index is -0.427. The van der Waals surface area contributed by atoms with Crippen molar-refractivity contribution >= 4 is 28.5 Å². The molecule has 2 heterocycles. The van der Waals surface area contributed by atoms with Gasteiger partial charge in [-0.15, -0.1) is 0 Å². The zero-order chi connectivity index (χ0) is 15.3. The molecule has 4 nitrogen and oxygen atoms in total. The van der Waals surface area contributed by atoms with E-state index in [1.165, 1.54) is 6.07 Å². The number of aromatic nitrogens is 2. The number of carbonyl (C=O) groups is 1. The summed E-state index contributed by atoms with van der Waals surface area (Å²) in [4.78, 5) is 16.6. The molecule has 0 unspecified atom stereocenters.